The second-order valence-electron chi connectivity index (χ2n) is 15.2. The van der Waals surface area contributed by atoms with E-state index in [4.69, 9.17) is 9.47 Å². The number of ketones is 1. The summed E-state index contributed by atoms with van der Waals surface area (Å²) in [5, 5.41) is 50.2. The molecule has 0 spiro atoms. The number of phenolic OH excluding ortho intramolecular Hbond substituents is 3. The van der Waals surface area contributed by atoms with Gasteiger partial charge in [-0.25, -0.2) is 0 Å². The molecule has 5 aromatic carbocycles. The lowest BCUT2D eigenvalue weighted by Gasteiger charge is -2.36. The van der Waals surface area contributed by atoms with Crippen molar-refractivity contribution in [2.24, 2.45) is 5.92 Å². The van der Waals surface area contributed by atoms with Gasteiger partial charge in [0, 0.05) is 36.3 Å². The van der Waals surface area contributed by atoms with Crippen LogP contribution in [0.2, 0.25) is 0 Å². The number of phenols is 3. The number of methoxy groups -OCH3 is 2. The fourth-order valence-electron chi connectivity index (χ4n) is 8.92. The summed E-state index contributed by atoms with van der Waals surface area (Å²) in [7, 11) is 4.86. The maximum Gasteiger partial charge on any atom is 0.164 e. The van der Waals surface area contributed by atoms with E-state index >= 15 is 0 Å². The van der Waals surface area contributed by atoms with Crippen molar-refractivity contribution < 1.29 is 34.7 Å². The summed E-state index contributed by atoms with van der Waals surface area (Å²) in [5.74, 6) is -1.29. The summed E-state index contributed by atoms with van der Waals surface area (Å²) in [5.41, 5.74) is 7.20. The minimum Gasteiger partial charge on any atom is -0.670 e. The fourth-order valence-corrected chi connectivity index (χ4v) is 8.92. The van der Waals surface area contributed by atoms with E-state index in [1.54, 1.807) is 49.8 Å². The van der Waals surface area contributed by atoms with Gasteiger partial charge >= 0.3 is 0 Å². The second-order valence-corrected chi connectivity index (χ2v) is 15.2. The van der Waals surface area contributed by atoms with Crippen LogP contribution in [-0.2, 0) is 30.6 Å². The van der Waals surface area contributed by atoms with Crippen LogP contribution in [0, 0.1) is 5.92 Å². The Morgan fingerprint density at radius 1 is 0.828 bits per heavy atom. The van der Waals surface area contributed by atoms with Crippen molar-refractivity contribution in [2.75, 3.05) is 21.3 Å². The Balaban J connectivity index is 1.30. The van der Waals surface area contributed by atoms with Crippen molar-refractivity contribution in [3.05, 3.63) is 160 Å². The zero-order valence-corrected chi connectivity index (χ0v) is 33.4. The third kappa shape index (κ3) is 8.19. The number of nitrogens with one attached hydrogen (secondary N) is 1. The SMILES string of the molecule is CCc1ccc2ccccc2c1C1C=CC(C(Cc2cc[n-]c2)C(O)CC(=O)C(Cc2ccc(O)c(OC)c2)c2cc(O)cc(CNC)c2)c2ccc(O)c(OC)c21. The highest BCUT2D eigenvalue weighted by molar-refractivity contribution is 5.89. The summed E-state index contributed by atoms with van der Waals surface area (Å²) >= 11 is 0. The Bertz CT molecular complexity index is 2420. The molecule has 5 atom stereocenters. The number of rotatable bonds is 16. The number of aliphatic hydroxyl groups is 1. The number of benzene rings is 5. The van der Waals surface area contributed by atoms with Crippen LogP contribution in [0.1, 0.15) is 75.6 Å². The van der Waals surface area contributed by atoms with E-state index in [0.29, 0.717) is 24.3 Å². The van der Waals surface area contributed by atoms with Gasteiger partial charge < -0.3 is 40.2 Å². The lowest BCUT2D eigenvalue weighted by Crippen LogP contribution is -2.33. The molecule has 7 rings (SSSR count). The highest BCUT2D eigenvalue weighted by Gasteiger charge is 2.38. The van der Waals surface area contributed by atoms with Crippen molar-refractivity contribution in [2.45, 2.75) is 63.0 Å². The fraction of sp³-hybridized carbons (Fsp3) is 0.286. The van der Waals surface area contributed by atoms with Crippen molar-refractivity contribution in [3.8, 4) is 28.7 Å². The van der Waals surface area contributed by atoms with E-state index < -0.39 is 17.9 Å². The molecular weight excluding hydrogens is 729 g/mol. The maximum absolute atomic E-state index is 14.8. The minimum absolute atomic E-state index is 0.0116. The Hall–Kier alpha value is -6.03. The summed E-state index contributed by atoms with van der Waals surface area (Å²) < 4.78 is 11.4. The monoisotopic (exact) mass is 779 g/mol. The van der Waals surface area contributed by atoms with Crippen LogP contribution in [0.15, 0.2) is 116 Å². The molecule has 1 aromatic heterocycles. The van der Waals surface area contributed by atoms with E-state index in [9.17, 15) is 25.2 Å². The number of ether oxygens (including phenoxy) is 2. The van der Waals surface area contributed by atoms with Gasteiger partial charge in [0.05, 0.1) is 20.3 Å². The first-order chi connectivity index (χ1) is 28.1. The molecule has 0 fully saturated rings. The standard InChI is InChI=1S/C49H51N2O7/c1-5-32-11-12-33-8-6-7-9-36(33)47(32)39-14-13-37(38-15-17-43(54)49(58-4)48(38)39)41(23-30-18-19-51-28-30)45(56)26-44(55)40(22-29-10-16-42(53)46(24-29)57-3)34-20-31(27-50-2)21-35(52)25-34/h6-21,24-25,28,37,39-41,45,50,52-54,56H,5,22-23,26-27H2,1-4H3/q-1. The first-order valence-electron chi connectivity index (χ1n) is 19.8. The smallest absolute Gasteiger partial charge is 0.164 e. The average molecular weight is 780 g/mol. The Morgan fingerprint density at radius 2 is 1.64 bits per heavy atom. The zero-order chi connectivity index (χ0) is 40.9. The van der Waals surface area contributed by atoms with Crippen LogP contribution >= 0.6 is 0 Å². The minimum atomic E-state index is -1.10. The number of nitrogens with zero attached hydrogens (tertiary/aromatic N) is 1. The molecule has 0 saturated carbocycles. The highest BCUT2D eigenvalue weighted by Crippen LogP contribution is 2.51. The van der Waals surface area contributed by atoms with E-state index in [1.165, 1.54) is 18.7 Å². The van der Waals surface area contributed by atoms with Crippen molar-refractivity contribution in [1.29, 1.82) is 0 Å². The first kappa shape index (κ1) is 40.2. The van der Waals surface area contributed by atoms with Crippen LogP contribution < -0.4 is 19.8 Å². The molecule has 1 heterocycles. The molecule has 300 valence electrons. The van der Waals surface area contributed by atoms with Gasteiger partial charge in [0.15, 0.2) is 23.0 Å². The maximum atomic E-state index is 14.8. The predicted octanol–water partition coefficient (Wildman–Crippen LogP) is 8.20. The van der Waals surface area contributed by atoms with E-state index in [2.05, 4.69) is 53.6 Å². The number of aromatic nitrogens is 1. The van der Waals surface area contributed by atoms with Crippen LogP contribution in [0.4, 0.5) is 0 Å². The van der Waals surface area contributed by atoms with Gasteiger partial charge in [0.2, 0.25) is 0 Å². The summed E-state index contributed by atoms with van der Waals surface area (Å²) in [6.45, 7) is 2.63. The Labute approximate surface area is 339 Å². The molecule has 0 aliphatic heterocycles. The topological polar surface area (TPSA) is 143 Å². The number of carbonyl (C=O) groups excluding carboxylic acids is 1. The molecule has 9 heteroatoms. The van der Waals surface area contributed by atoms with Crippen molar-refractivity contribution in [3.63, 3.8) is 0 Å². The molecule has 1 aliphatic carbocycles. The third-order valence-corrected chi connectivity index (χ3v) is 11.7. The number of fused-ring (bicyclic) bond motifs is 2. The van der Waals surface area contributed by atoms with Gasteiger partial charge in [-0.3, -0.25) is 4.79 Å². The molecule has 58 heavy (non-hydrogen) atoms. The molecule has 9 nitrogen and oxygen atoms in total. The number of hydrogen-bond acceptors (Lipinski definition) is 8. The average Bonchev–Trinajstić information content (AvgIpc) is 3.75. The number of allylic oxidation sites excluding steroid dienone is 2. The van der Waals surface area contributed by atoms with Crippen LogP contribution in [0.5, 0.6) is 28.7 Å². The van der Waals surface area contributed by atoms with Gasteiger partial charge in [-0.2, -0.15) is 12.4 Å². The molecule has 6 aromatic rings. The van der Waals surface area contributed by atoms with Crippen LogP contribution in [-0.4, -0.2) is 53.6 Å². The van der Waals surface area contributed by atoms with Gasteiger partial charge in [-0.15, -0.1) is 0 Å². The predicted molar refractivity (Wildman–Crippen MR) is 226 cm³/mol. The molecular formula is C49H51N2O7-. The third-order valence-electron chi connectivity index (χ3n) is 11.7. The molecule has 0 radical (unpaired) electrons. The van der Waals surface area contributed by atoms with Gasteiger partial charge in [0.25, 0.3) is 0 Å². The quantitative estimate of drug-likeness (QED) is 0.0615. The zero-order valence-electron chi connectivity index (χ0n) is 33.4. The molecule has 0 saturated heterocycles. The number of carbonyl (C=O) groups is 1. The molecule has 0 amide bonds. The lowest BCUT2D eigenvalue weighted by atomic mass is 9.69. The van der Waals surface area contributed by atoms with Crippen molar-refractivity contribution >= 4 is 16.6 Å². The lowest BCUT2D eigenvalue weighted by molar-refractivity contribution is -0.123. The first-order valence-corrected chi connectivity index (χ1v) is 19.8. The number of aryl methyl sites for hydroxylation is 1. The number of hydrogen-bond donors (Lipinski definition) is 5. The Kier molecular flexibility index (Phi) is 12.2. The summed E-state index contributed by atoms with van der Waals surface area (Å²) in [6.07, 6.45) is 8.05. The van der Waals surface area contributed by atoms with E-state index in [0.717, 1.165) is 50.6 Å². The number of aliphatic hydroxyl groups excluding tert-OH is 1. The van der Waals surface area contributed by atoms with Gasteiger partial charge in [-0.05, 0) is 107 Å². The largest absolute Gasteiger partial charge is 0.670 e. The number of aromatic hydroxyl groups is 3. The molecule has 5 N–H and O–H groups in total. The van der Waals surface area contributed by atoms with Gasteiger partial charge in [0.1, 0.15) is 11.5 Å². The van der Waals surface area contributed by atoms with E-state index in [1.807, 2.05) is 37.4 Å². The van der Waals surface area contributed by atoms with Crippen molar-refractivity contribution in [1.82, 2.24) is 10.3 Å². The Morgan fingerprint density at radius 3 is 2.38 bits per heavy atom. The normalized spacial score (nSPS) is 16.4. The molecule has 0 bridgehead atoms. The number of Topliss-reactive ketones (excluding diaryl/α,β-unsaturated/α-hetero) is 1. The molecule has 5 unspecified atom stereocenters. The highest BCUT2D eigenvalue weighted by atomic mass is 16.5. The van der Waals surface area contributed by atoms with Gasteiger partial charge in [-0.1, -0.05) is 85.3 Å². The molecule has 1 aliphatic rings. The summed E-state index contributed by atoms with van der Waals surface area (Å²) in [6, 6.07) is 28.3. The van der Waals surface area contributed by atoms with E-state index in [-0.39, 0.29) is 53.5 Å². The van der Waals surface area contributed by atoms with Crippen LogP contribution in [0.3, 0.4) is 0 Å². The summed E-state index contributed by atoms with van der Waals surface area (Å²) in [4.78, 5) is 19.1. The van der Waals surface area contributed by atoms with Crippen LogP contribution in [0.25, 0.3) is 10.8 Å². The second kappa shape index (κ2) is 17.6.